The first-order chi connectivity index (χ1) is 9.59. The van der Waals surface area contributed by atoms with Crippen LogP contribution in [0.15, 0.2) is 18.2 Å². The molecule has 0 saturated carbocycles. The molecule has 3 nitrogen and oxygen atoms in total. The third kappa shape index (κ3) is 3.70. The van der Waals surface area contributed by atoms with Crippen molar-refractivity contribution in [3.05, 3.63) is 34.6 Å². The van der Waals surface area contributed by atoms with E-state index in [0.29, 0.717) is 23.4 Å². The van der Waals surface area contributed by atoms with Crippen LogP contribution in [0.25, 0.3) is 0 Å². The van der Waals surface area contributed by atoms with Crippen molar-refractivity contribution in [3.63, 3.8) is 0 Å². The van der Waals surface area contributed by atoms with Gasteiger partial charge in [-0.2, -0.15) is 0 Å². The average Bonchev–Trinajstić information content (AvgIpc) is 2.46. The zero-order valence-corrected chi connectivity index (χ0v) is 12.4. The minimum Gasteiger partial charge on any atom is -0.340 e. The molecule has 1 aromatic rings. The van der Waals surface area contributed by atoms with Gasteiger partial charge in [0.15, 0.2) is 0 Å². The Morgan fingerprint density at radius 3 is 2.80 bits per heavy atom. The Balaban J connectivity index is 1.91. The van der Waals surface area contributed by atoms with Crippen LogP contribution in [0.2, 0.25) is 5.02 Å². The molecule has 1 aromatic carbocycles. The monoisotopic (exact) mass is 298 g/mol. The van der Waals surface area contributed by atoms with Crippen molar-refractivity contribution in [1.29, 1.82) is 0 Å². The molecular weight excluding hydrogens is 279 g/mol. The predicted molar refractivity (Wildman–Crippen MR) is 78.3 cm³/mol. The Bertz CT molecular complexity index is 455. The maximum absolute atomic E-state index is 13.7. The van der Waals surface area contributed by atoms with Crippen molar-refractivity contribution in [3.8, 4) is 0 Å². The Morgan fingerprint density at radius 1 is 1.45 bits per heavy atom. The summed E-state index contributed by atoms with van der Waals surface area (Å²) in [5, 5.41) is 3.66. The minimum absolute atomic E-state index is 0.108. The van der Waals surface area contributed by atoms with Gasteiger partial charge in [-0.15, -0.1) is 0 Å². The zero-order valence-electron chi connectivity index (χ0n) is 11.7. The van der Waals surface area contributed by atoms with E-state index in [9.17, 15) is 9.18 Å². The molecule has 5 heteroatoms. The van der Waals surface area contributed by atoms with Gasteiger partial charge in [-0.3, -0.25) is 4.79 Å². The lowest BCUT2D eigenvalue weighted by atomic mass is 9.99. The normalized spacial score (nSPS) is 17.1. The quantitative estimate of drug-likeness (QED) is 0.926. The van der Waals surface area contributed by atoms with E-state index in [1.54, 1.807) is 12.1 Å². The lowest BCUT2D eigenvalue weighted by Gasteiger charge is -2.29. The summed E-state index contributed by atoms with van der Waals surface area (Å²) in [4.78, 5) is 14.1. The molecule has 1 saturated heterocycles. The molecule has 1 aliphatic heterocycles. The Hall–Kier alpha value is -1.13. The van der Waals surface area contributed by atoms with Crippen molar-refractivity contribution < 1.29 is 9.18 Å². The van der Waals surface area contributed by atoms with E-state index in [-0.39, 0.29) is 17.6 Å². The fraction of sp³-hybridized carbons (Fsp3) is 0.533. The molecule has 1 N–H and O–H groups in total. The highest BCUT2D eigenvalue weighted by Crippen LogP contribution is 2.22. The summed E-state index contributed by atoms with van der Waals surface area (Å²) in [5.74, 6) is -0.248. The lowest BCUT2D eigenvalue weighted by molar-refractivity contribution is -0.135. The highest BCUT2D eigenvalue weighted by atomic mass is 35.5. The number of benzene rings is 1. The number of hydrogen-bond donors (Lipinski definition) is 1. The number of carbonyl (C=O) groups is 1. The predicted octanol–water partition coefficient (Wildman–Crippen LogP) is 2.48. The molecule has 0 bridgehead atoms. The molecule has 110 valence electrons. The molecule has 1 fully saturated rings. The second kappa shape index (κ2) is 7.04. The minimum atomic E-state index is -0.292. The fourth-order valence-corrected chi connectivity index (χ4v) is 2.71. The summed E-state index contributed by atoms with van der Waals surface area (Å²) >= 11 is 6.00. The van der Waals surface area contributed by atoms with Crippen LogP contribution in [0.5, 0.6) is 0 Å². The van der Waals surface area contributed by atoms with Crippen molar-refractivity contribution >= 4 is 17.5 Å². The molecule has 0 aliphatic carbocycles. The van der Waals surface area contributed by atoms with Crippen LogP contribution in [0.4, 0.5) is 4.39 Å². The van der Waals surface area contributed by atoms with Crippen molar-refractivity contribution in [1.82, 2.24) is 10.2 Å². The van der Waals surface area contributed by atoms with E-state index in [1.165, 1.54) is 6.07 Å². The van der Waals surface area contributed by atoms with Gasteiger partial charge in [-0.1, -0.05) is 24.6 Å². The van der Waals surface area contributed by atoms with Gasteiger partial charge >= 0.3 is 0 Å². The second-order valence-corrected chi connectivity index (χ2v) is 5.62. The number of piperazine rings is 1. The molecule has 20 heavy (non-hydrogen) atoms. The van der Waals surface area contributed by atoms with Gasteiger partial charge in [0.25, 0.3) is 0 Å². The van der Waals surface area contributed by atoms with Crippen LogP contribution < -0.4 is 5.32 Å². The fourth-order valence-electron chi connectivity index (χ4n) is 2.45. The first-order valence-corrected chi connectivity index (χ1v) is 7.40. The van der Waals surface area contributed by atoms with Gasteiger partial charge in [-0.25, -0.2) is 4.39 Å². The number of carbonyl (C=O) groups excluding carboxylic acids is 1. The maximum Gasteiger partial charge on any atom is 0.225 e. The van der Waals surface area contributed by atoms with Gasteiger partial charge in [0.1, 0.15) is 5.82 Å². The van der Waals surface area contributed by atoms with E-state index in [2.05, 4.69) is 5.32 Å². The van der Waals surface area contributed by atoms with E-state index >= 15 is 0 Å². The number of hydrogen-bond acceptors (Lipinski definition) is 2. The number of rotatable bonds is 4. The summed E-state index contributed by atoms with van der Waals surface area (Å²) in [6.07, 6.45) is 1.11. The summed E-state index contributed by atoms with van der Waals surface area (Å²) in [5.41, 5.74) is 0.508. The molecule has 0 radical (unpaired) electrons. The van der Waals surface area contributed by atoms with Crippen LogP contribution >= 0.6 is 11.6 Å². The van der Waals surface area contributed by atoms with Gasteiger partial charge < -0.3 is 10.2 Å². The average molecular weight is 299 g/mol. The Labute approximate surface area is 124 Å². The van der Waals surface area contributed by atoms with Crippen LogP contribution in [-0.4, -0.2) is 37.0 Å². The van der Waals surface area contributed by atoms with Crippen LogP contribution in [0.3, 0.4) is 0 Å². The van der Waals surface area contributed by atoms with Crippen molar-refractivity contribution in [2.24, 2.45) is 5.92 Å². The van der Waals surface area contributed by atoms with Crippen LogP contribution in [-0.2, 0) is 11.2 Å². The molecule has 1 aliphatic rings. The smallest absolute Gasteiger partial charge is 0.225 e. The summed E-state index contributed by atoms with van der Waals surface area (Å²) in [6.45, 7) is 5.10. The lowest BCUT2D eigenvalue weighted by Crippen LogP contribution is -2.48. The molecule has 1 amide bonds. The SMILES string of the molecule is CC(CCc1c(F)cccc1Cl)C(=O)N1CCNCC1. The van der Waals surface area contributed by atoms with E-state index in [1.807, 2.05) is 11.8 Å². The molecule has 0 spiro atoms. The summed E-state index contributed by atoms with van der Waals surface area (Å²) < 4.78 is 13.7. The number of nitrogens with one attached hydrogen (secondary N) is 1. The number of halogens is 2. The molecule has 2 rings (SSSR count). The summed E-state index contributed by atoms with van der Waals surface area (Å²) in [6, 6.07) is 4.68. The summed E-state index contributed by atoms with van der Waals surface area (Å²) in [7, 11) is 0. The van der Waals surface area contributed by atoms with E-state index in [4.69, 9.17) is 11.6 Å². The van der Waals surface area contributed by atoms with E-state index < -0.39 is 0 Å². The third-order valence-corrected chi connectivity index (χ3v) is 4.09. The van der Waals surface area contributed by atoms with Crippen LogP contribution in [0.1, 0.15) is 18.9 Å². The Morgan fingerprint density at radius 2 is 2.15 bits per heavy atom. The third-order valence-electron chi connectivity index (χ3n) is 3.74. The van der Waals surface area contributed by atoms with E-state index in [0.717, 1.165) is 26.2 Å². The van der Waals surface area contributed by atoms with Gasteiger partial charge in [0, 0.05) is 42.7 Å². The zero-order chi connectivity index (χ0) is 14.5. The largest absolute Gasteiger partial charge is 0.340 e. The maximum atomic E-state index is 13.7. The van der Waals surface area contributed by atoms with Crippen molar-refractivity contribution in [2.75, 3.05) is 26.2 Å². The number of nitrogens with zero attached hydrogens (tertiary/aromatic N) is 1. The highest BCUT2D eigenvalue weighted by molar-refractivity contribution is 6.31. The standard InChI is InChI=1S/C15H20ClFN2O/c1-11(15(20)19-9-7-18-8-10-19)5-6-12-13(16)3-2-4-14(12)17/h2-4,11,18H,5-10H2,1H3. The van der Waals surface area contributed by atoms with Gasteiger partial charge in [-0.05, 0) is 25.0 Å². The number of amides is 1. The molecule has 1 unspecified atom stereocenters. The van der Waals surface area contributed by atoms with Gasteiger partial charge in [0.05, 0.1) is 0 Å². The first-order valence-electron chi connectivity index (χ1n) is 7.02. The van der Waals surface area contributed by atoms with Crippen LogP contribution in [0, 0.1) is 11.7 Å². The Kier molecular flexibility index (Phi) is 5.38. The molecule has 0 aromatic heterocycles. The first kappa shape index (κ1) is 15.3. The highest BCUT2D eigenvalue weighted by Gasteiger charge is 2.22. The second-order valence-electron chi connectivity index (χ2n) is 5.22. The molecular formula is C15H20ClFN2O. The van der Waals surface area contributed by atoms with Crippen molar-refractivity contribution in [2.45, 2.75) is 19.8 Å². The topological polar surface area (TPSA) is 32.3 Å². The molecule has 1 atom stereocenters. The molecule has 1 heterocycles. The van der Waals surface area contributed by atoms with Gasteiger partial charge in [0.2, 0.25) is 5.91 Å².